The number of hydrogen-bond donors (Lipinski definition) is 4. The molecule has 0 saturated carbocycles. The molecule has 0 spiro atoms. The lowest BCUT2D eigenvalue weighted by Crippen LogP contribution is -2.45. The van der Waals surface area contributed by atoms with Gasteiger partial charge in [-0.2, -0.15) is 20.1 Å². The summed E-state index contributed by atoms with van der Waals surface area (Å²) in [6.45, 7) is 3.23. The molecule has 0 fully saturated rings. The minimum Gasteiger partial charge on any atom is -0.368 e. The molecule has 0 aliphatic heterocycles. The maximum atomic E-state index is 11.3. The summed E-state index contributed by atoms with van der Waals surface area (Å²) in [6, 6.07) is 1.72. The molecule has 0 aromatic carbocycles. The van der Waals surface area contributed by atoms with Crippen LogP contribution in [-0.4, -0.2) is 36.2 Å². The summed E-state index contributed by atoms with van der Waals surface area (Å²) < 4.78 is 1.44. The molecule has 10 nitrogen and oxygen atoms in total. The zero-order valence-electron chi connectivity index (χ0n) is 11.0. The van der Waals surface area contributed by atoms with Gasteiger partial charge in [-0.15, -0.1) is 0 Å². The number of nitrogens with two attached hydrogens (primary N) is 2. The fourth-order valence-corrected chi connectivity index (χ4v) is 1.32. The van der Waals surface area contributed by atoms with Gasteiger partial charge in [-0.3, -0.25) is 10.2 Å². The van der Waals surface area contributed by atoms with Gasteiger partial charge < -0.3 is 11.1 Å². The standard InChI is InChI=1S/C10H15N9O/c1-10(2,6(11)20)17-7-14-8(18-12)16-9(15-7)19-5-3-4-13-19/h3-5H,12H2,1-2H3,(H2,11,20)(H2,14,15,16,17,18). The number of nitrogens with zero attached hydrogens (tertiary/aromatic N) is 5. The van der Waals surface area contributed by atoms with Crippen molar-refractivity contribution >= 4 is 17.8 Å². The molecular weight excluding hydrogens is 262 g/mol. The number of primary amides is 1. The summed E-state index contributed by atoms with van der Waals surface area (Å²) in [7, 11) is 0. The highest BCUT2D eigenvalue weighted by molar-refractivity contribution is 5.86. The van der Waals surface area contributed by atoms with Crippen LogP contribution in [-0.2, 0) is 4.79 Å². The van der Waals surface area contributed by atoms with Gasteiger partial charge in [0.05, 0.1) is 0 Å². The van der Waals surface area contributed by atoms with E-state index in [0.717, 1.165) is 0 Å². The maximum absolute atomic E-state index is 11.3. The Kier molecular flexibility index (Phi) is 3.48. The average molecular weight is 277 g/mol. The third-order valence-electron chi connectivity index (χ3n) is 2.50. The number of anilines is 2. The summed E-state index contributed by atoms with van der Waals surface area (Å²) in [5.74, 6) is 5.31. The fraction of sp³-hybridized carbons (Fsp3) is 0.300. The van der Waals surface area contributed by atoms with E-state index >= 15 is 0 Å². The van der Waals surface area contributed by atoms with Crippen molar-refractivity contribution in [2.24, 2.45) is 11.6 Å². The van der Waals surface area contributed by atoms with Gasteiger partial charge in [0.2, 0.25) is 17.8 Å². The number of rotatable bonds is 5. The Morgan fingerprint density at radius 3 is 2.55 bits per heavy atom. The van der Waals surface area contributed by atoms with Crippen LogP contribution in [0.3, 0.4) is 0 Å². The molecule has 0 aliphatic rings. The van der Waals surface area contributed by atoms with E-state index in [1.165, 1.54) is 4.68 Å². The van der Waals surface area contributed by atoms with Crippen LogP contribution < -0.4 is 22.3 Å². The second-order valence-corrected chi connectivity index (χ2v) is 4.49. The largest absolute Gasteiger partial charge is 0.368 e. The summed E-state index contributed by atoms with van der Waals surface area (Å²) in [5.41, 5.74) is 6.60. The van der Waals surface area contributed by atoms with E-state index in [2.05, 4.69) is 30.8 Å². The Morgan fingerprint density at radius 2 is 2.00 bits per heavy atom. The van der Waals surface area contributed by atoms with E-state index in [1.807, 2.05) is 0 Å². The molecule has 0 radical (unpaired) electrons. The molecule has 106 valence electrons. The van der Waals surface area contributed by atoms with Crippen LogP contribution >= 0.6 is 0 Å². The van der Waals surface area contributed by atoms with Crippen LogP contribution in [0, 0.1) is 0 Å². The minimum atomic E-state index is -1.02. The fourth-order valence-electron chi connectivity index (χ4n) is 1.32. The van der Waals surface area contributed by atoms with Crippen LogP contribution in [0.1, 0.15) is 13.8 Å². The Bertz CT molecular complexity index is 607. The lowest BCUT2D eigenvalue weighted by molar-refractivity contribution is -0.121. The molecule has 0 atom stereocenters. The lowest BCUT2D eigenvalue weighted by Gasteiger charge is -2.22. The molecular formula is C10H15N9O. The Morgan fingerprint density at radius 1 is 1.30 bits per heavy atom. The average Bonchev–Trinajstić information content (AvgIpc) is 2.91. The van der Waals surface area contributed by atoms with Crippen LogP contribution in [0.2, 0.25) is 0 Å². The molecule has 2 rings (SSSR count). The molecule has 20 heavy (non-hydrogen) atoms. The van der Waals surface area contributed by atoms with Gasteiger partial charge in [-0.05, 0) is 19.9 Å². The van der Waals surface area contributed by atoms with Crippen molar-refractivity contribution in [3.63, 3.8) is 0 Å². The molecule has 0 bridgehead atoms. The van der Waals surface area contributed by atoms with Crippen molar-refractivity contribution in [1.29, 1.82) is 0 Å². The van der Waals surface area contributed by atoms with Crippen molar-refractivity contribution in [3.8, 4) is 5.95 Å². The molecule has 0 unspecified atom stereocenters. The van der Waals surface area contributed by atoms with Crippen molar-refractivity contribution in [2.75, 3.05) is 10.7 Å². The Labute approximate surface area is 114 Å². The Hall–Kier alpha value is -2.75. The molecule has 2 aromatic heterocycles. The lowest BCUT2D eigenvalue weighted by atomic mass is 10.1. The van der Waals surface area contributed by atoms with E-state index < -0.39 is 11.4 Å². The predicted octanol–water partition coefficient (Wildman–Crippen LogP) is -0.981. The van der Waals surface area contributed by atoms with E-state index in [0.29, 0.717) is 0 Å². The first-order chi connectivity index (χ1) is 9.42. The van der Waals surface area contributed by atoms with Crippen LogP contribution in [0.15, 0.2) is 18.5 Å². The maximum Gasteiger partial charge on any atom is 0.257 e. The minimum absolute atomic E-state index is 0.133. The highest BCUT2D eigenvalue weighted by Crippen LogP contribution is 2.13. The summed E-state index contributed by atoms with van der Waals surface area (Å²) in [5, 5.41) is 6.83. The quantitative estimate of drug-likeness (QED) is 0.402. The number of aromatic nitrogens is 5. The zero-order chi connectivity index (χ0) is 14.8. The van der Waals surface area contributed by atoms with Gasteiger partial charge in [0.15, 0.2) is 0 Å². The number of nitrogens with one attached hydrogen (secondary N) is 2. The van der Waals surface area contributed by atoms with Gasteiger partial charge in [0.25, 0.3) is 5.95 Å². The smallest absolute Gasteiger partial charge is 0.257 e. The Balaban J connectivity index is 2.39. The third kappa shape index (κ3) is 2.80. The van der Waals surface area contributed by atoms with Gasteiger partial charge >= 0.3 is 0 Å². The summed E-state index contributed by atoms with van der Waals surface area (Å²) in [4.78, 5) is 23.5. The molecule has 6 N–H and O–H groups in total. The number of nitrogen functional groups attached to an aromatic ring is 1. The third-order valence-corrected chi connectivity index (χ3v) is 2.50. The van der Waals surface area contributed by atoms with E-state index in [4.69, 9.17) is 11.6 Å². The van der Waals surface area contributed by atoms with Crippen molar-refractivity contribution in [2.45, 2.75) is 19.4 Å². The highest BCUT2D eigenvalue weighted by Gasteiger charge is 2.26. The normalized spacial score (nSPS) is 11.2. The van der Waals surface area contributed by atoms with Crippen LogP contribution in [0.4, 0.5) is 11.9 Å². The van der Waals surface area contributed by atoms with Crippen molar-refractivity contribution in [1.82, 2.24) is 24.7 Å². The van der Waals surface area contributed by atoms with Crippen LogP contribution in [0.25, 0.3) is 5.95 Å². The first-order valence-electron chi connectivity index (χ1n) is 5.73. The van der Waals surface area contributed by atoms with Gasteiger partial charge in [0, 0.05) is 12.4 Å². The molecule has 0 saturated heterocycles. The second kappa shape index (κ2) is 5.09. The second-order valence-electron chi connectivity index (χ2n) is 4.49. The first kappa shape index (κ1) is 13.7. The topological polar surface area (TPSA) is 150 Å². The van der Waals surface area contributed by atoms with Crippen LogP contribution in [0.5, 0.6) is 0 Å². The first-order valence-corrected chi connectivity index (χ1v) is 5.73. The number of amides is 1. The number of hydrogen-bond acceptors (Lipinski definition) is 8. The van der Waals surface area contributed by atoms with Crippen molar-refractivity contribution < 1.29 is 4.79 Å². The predicted molar refractivity (Wildman–Crippen MR) is 71.7 cm³/mol. The molecule has 2 heterocycles. The van der Waals surface area contributed by atoms with Gasteiger partial charge in [-0.25, -0.2) is 10.5 Å². The van der Waals surface area contributed by atoms with Gasteiger partial charge in [-0.1, -0.05) is 0 Å². The molecule has 0 aliphatic carbocycles. The van der Waals surface area contributed by atoms with E-state index in [1.54, 1.807) is 32.3 Å². The van der Waals surface area contributed by atoms with Crippen molar-refractivity contribution in [3.05, 3.63) is 18.5 Å². The highest BCUT2D eigenvalue weighted by atomic mass is 16.1. The SMILES string of the molecule is CC(C)(Nc1nc(NN)nc(-n2cccn2)n1)C(N)=O. The number of carbonyl (C=O) groups excluding carboxylic acids is 1. The molecule has 10 heteroatoms. The monoisotopic (exact) mass is 277 g/mol. The zero-order valence-corrected chi connectivity index (χ0v) is 11.0. The summed E-state index contributed by atoms with van der Waals surface area (Å²) >= 11 is 0. The molecule has 2 aromatic rings. The molecule has 1 amide bonds. The number of carbonyl (C=O) groups is 1. The van der Waals surface area contributed by atoms with E-state index in [-0.39, 0.29) is 17.8 Å². The number of hydrazine groups is 1. The van der Waals surface area contributed by atoms with E-state index in [9.17, 15) is 4.79 Å². The summed E-state index contributed by atoms with van der Waals surface area (Å²) in [6.07, 6.45) is 3.25. The van der Waals surface area contributed by atoms with Gasteiger partial charge in [0.1, 0.15) is 5.54 Å².